The van der Waals surface area contributed by atoms with Crippen LogP contribution in [0.5, 0.6) is 0 Å². The highest BCUT2D eigenvalue weighted by Crippen LogP contribution is 2.21. The topological polar surface area (TPSA) is 23.8 Å². The molecule has 0 saturated heterocycles. The van der Waals surface area contributed by atoms with Crippen LogP contribution in [0.25, 0.3) is 0 Å². The molecule has 1 nitrogen and oxygen atoms in total. The highest BCUT2D eigenvalue weighted by atomic mass is 14.2. The van der Waals surface area contributed by atoms with E-state index in [1.807, 2.05) is 12.1 Å². The molecule has 62 valence electrons. The average Bonchev–Trinajstić information content (AvgIpc) is 2.05. The van der Waals surface area contributed by atoms with Gasteiger partial charge >= 0.3 is 0 Å². The summed E-state index contributed by atoms with van der Waals surface area (Å²) >= 11 is 0. The first-order chi connectivity index (χ1) is 5.75. The molecule has 0 bridgehead atoms. The van der Waals surface area contributed by atoms with Crippen molar-refractivity contribution in [2.24, 2.45) is 0 Å². The van der Waals surface area contributed by atoms with Crippen LogP contribution in [0.3, 0.4) is 0 Å². The van der Waals surface area contributed by atoms with Gasteiger partial charge in [0.25, 0.3) is 0 Å². The first kappa shape index (κ1) is 8.80. The lowest BCUT2D eigenvalue weighted by Crippen LogP contribution is -1.94. The fraction of sp³-hybridized carbons (Fsp3) is 0.364. The predicted molar refractivity (Wildman–Crippen MR) is 49.8 cm³/mol. The van der Waals surface area contributed by atoms with Crippen LogP contribution in [-0.4, -0.2) is 0 Å². The summed E-state index contributed by atoms with van der Waals surface area (Å²) in [6, 6.07) is 10.4. The maximum Gasteiger partial charge on any atom is 0.0628 e. The lowest BCUT2D eigenvalue weighted by atomic mass is 9.94. The van der Waals surface area contributed by atoms with E-state index in [0.717, 1.165) is 0 Å². The lowest BCUT2D eigenvalue weighted by molar-refractivity contribution is 0.782. The van der Waals surface area contributed by atoms with E-state index >= 15 is 0 Å². The van der Waals surface area contributed by atoms with Gasteiger partial charge in [0.15, 0.2) is 0 Å². The monoisotopic (exact) mass is 159 g/mol. The standard InChI is InChI=1S/C11H13N/c1-9-5-3-4-6-11(9)10(2)7-8-12/h3-6,10H,7H2,1-2H3. The van der Waals surface area contributed by atoms with Crippen molar-refractivity contribution in [1.82, 2.24) is 0 Å². The second kappa shape index (κ2) is 3.92. The molecule has 0 aromatic heterocycles. The SMILES string of the molecule is Cc1ccccc1C(C)CC#N. The van der Waals surface area contributed by atoms with Crippen LogP contribution < -0.4 is 0 Å². The molecule has 0 aliphatic rings. The molecular formula is C11H13N. The van der Waals surface area contributed by atoms with Crippen LogP contribution in [0.1, 0.15) is 30.4 Å². The van der Waals surface area contributed by atoms with Crippen molar-refractivity contribution in [1.29, 1.82) is 5.26 Å². The van der Waals surface area contributed by atoms with Gasteiger partial charge in [0.1, 0.15) is 0 Å². The van der Waals surface area contributed by atoms with Gasteiger partial charge in [-0.1, -0.05) is 31.2 Å². The van der Waals surface area contributed by atoms with Crippen molar-refractivity contribution in [2.45, 2.75) is 26.2 Å². The molecule has 0 radical (unpaired) electrons. The minimum Gasteiger partial charge on any atom is -0.198 e. The molecule has 0 heterocycles. The summed E-state index contributed by atoms with van der Waals surface area (Å²) in [6.07, 6.45) is 0.602. The molecule has 12 heavy (non-hydrogen) atoms. The molecule has 0 saturated carbocycles. The van der Waals surface area contributed by atoms with E-state index in [1.54, 1.807) is 0 Å². The Morgan fingerprint density at radius 2 is 2.08 bits per heavy atom. The largest absolute Gasteiger partial charge is 0.198 e. The third kappa shape index (κ3) is 1.85. The Labute approximate surface area is 73.6 Å². The van der Waals surface area contributed by atoms with Crippen LogP contribution in [-0.2, 0) is 0 Å². The van der Waals surface area contributed by atoms with Crippen LogP contribution in [0.4, 0.5) is 0 Å². The maximum absolute atomic E-state index is 8.54. The van der Waals surface area contributed by atoms with E-state index in [9.17, 15) is 0 Å². The second-order valence-electron chi connectivity index (χ2n) is 3.12. The summed E-state index contributed by atoms with van der Waals surface area (Å²) in [5.41, 5.74) is 2.57. The maximum atomic E-state index is 8.54. The second-order valence-corrected chi connectivity index (χ2v) is 3.12. The van der Waals surface area contributed by atoms with E-state index in [2.05, 4.69) is 32.0 Å². The molecular weight excluding hydrogens is 146 g/mol. The van der Waals surface area contributed by atoms with Crippen LogP contribution in [0.2, 0.25) is 0 Å². The number of hydrogen-bond acceptors (Lipinski definition) is 1. The number of aryl methyl sites for hydroxylation is 1. The van der Waals surface area contributed by atoms with Crippen molar-refractivity contribution < 1.29 is 0 Å². The molecule has 1 atom stereocenters. The molecule has 1 heteroatoms. The number of rotatable bonds is 2. The summed E-state index contributed by atoms with van der Waals surface area (Å²) in [6.45, 7) is 4.18. The third-order valence-corrected chi connectivity index (χ3v) is 2.12. The molecule has 0 N–H and O–H groups in total. The minimum absolute atomic E-state index is 0.358. The van der Waals surface area contributed by atoms with Gasteiger partial charge in [0, 0.05) is 6.42 Å². The quantitative estimate of drug-likeness (QED) is 0.650. The molecule has 1 unspecified atom stereocenters. The molecule has 1 aromatic carbocycles. The fourth-order valence-corrected chi connectivity index (χ4v) is 1.39. The molecule has 0 spiro atoms. The van der Waals surface area contributed by atoms with Crippen LogP contribution >= 0.6 is 0 Å². The summed E-state index contributed by atoms with van der Waals surface area (Å²) in [4.78, 5) is 0. The zero-order chi connectivity index (χ0) is 8.97. The van der Waals surface area contributed by atoms with Gasteiger partial charge in [-0.3, -0.25) is 0 Å². The van der Waals surface area contributed by atoms with Gasteiger partial charge in [-0.2, -0.15) is 5.26 Å². The number of nitriles is 1. The van der Waals surface area contributed by atoms with Crippen LogP contribution in [0.15, 0.2) is 24.3 Å². The normalized spacial score (nSPS) is 12.1. The highest BCUT2D eigenvalue weighted by molar-refractivity contribution is 5.29. The third-order valence-electron chi connectivity index (χ3n) is 2.12. The Morgan fingerprint density at radius 3 is 2.67 bits per heavy atom. The van der Waals surface area contributed by atoms with Gasteiger partial charge in [-0.15, -0.1) is 0 Å². The fourth-order valence-electron chi connectivity index (χ4n) is 1.39. The van der Waals surface area contributed by atoms with Crippen molar-refractivity contribution >= 4 is 0 Å². The highest BCUT2D eigenvalue weighted by Gasteiger charge is 2.05. The molecule has 0 aliphatic heterocycles. The first-order valence-corrected chi connectivity index (χ1v) is 4.18. The molecule has 0 aliphatic carbocycles. The van der Waals surface area contributed by atoms with E-state index in [4.69, 9.17) is 5.26 Å². The van der Waals surface area contributed by atoms with Crippen molar-refractivity contribution in [3.05, 3.63) is 35.4 Å². The van der Waals surface area contributed by atoms with Gasteiger partial charge in [-0.25, -0.2) is 0 Å². The Bertz CT molecular complexity index is 296. The lowest BCUT2D eigenvalue weighted by Gasteiger charge is -2.09. The molecule has 0 amide bonds. The summed E-state index contributed by atoms with van der Waals surface area (Å²) in [5.74, 6) is 0.358. The Kier molecular flexibility index (Phi) is 2.88. The zero-order valence-electron chi connectivity index (χ0n) is 7.54. The van der Waals surface area contributed by atoms with Crippen LogP contribution in [0, 0.1) is 18.3 Å². The average molecular weight is 159 g/mol. The number of benzene rings is 1. The predicted octanol–water partition coefficient (Wildman–Crippen LogP) is 3.01. The minimum atomic E-state index is 0.358. The Balaban J connectivity index is 2.88. The smallest absolute Gasteiger partial charge is 0.0628 e. The van der Waals surface area contributed by atoms with Gasteiger partial charge in [0.2, 0.25) is 0 Å². The van der Waals surface area contributed by atoms with Gasteiger partial charge in [0.05, 0.1) is 6.07 Å². The van der Waals surface area contributed by atoms with Crippen molar-refractivity contribution in [3.63, 3.8) is 0 Å². The summed E-state index contributed by atoms with van der Waals surface area (Å²) in [5, 5.41) is 8.54. The zero-order valence-corrected chi connectivity index (χ0v) is 7.54. The number of hydrogen-bond donors (Lipinski definition) is 0. The molecule has 0 fully saturated rings. The molecule has 1 rings (SSSR count). The van der Waals surface area contributed by atoms with E-state index < -0.39 is 0 Å². The Morgan fingerprint density at radius 1 is 1.42 bits per heavy atom. The van der Waals surface area contributed by atoms with Crippen molar-refractivity contribution in [2.75, 3.05) is 0 Å². The van der Waals surface area contributed by atoms with Gasteiger partial charge in [-0.05, 0) is 24.0 Å². The van der Waals surface area contributed by atoms with E-state index in [0.29, 0.717) is 12.3 Å². The first-order valence-electron chi connectivity index (χ1n) is 4.18. The van der Waals surface area contributed by atoms with Crippen molar-refractivity contribution in [3.8, 4) is 6.07 Å². The van der Waals surface area contributed by atoms with E-state index in [-0.39, 0.29) is 0 Å². The summed E-state index contributed by atoms with van der Waals surface area (Å²) in [7, 11) is 0. The Hall–Kier alpha value is -1.29. The number of nitrogens with zero attached hydrogens (tertiary/aromatic N) is 1. The molecule has 1 aromatic rings. The summed E-state index contributed by atoms with van der Waals surface area (Å²) < 4.78 is 0. The van der Waals surface area contributed by atoms with Gasteiger partial charge < -0.3 is 0 Å². The van der Waals surface area contributed by atoms with E-state index in [1.165, 1.54) is 11.1 Å².